The largest absolute Gasteiger partial charge is 0.368 e. The highest BCUT2D eigenvalue weighted by molar-refractivity contribution is 8.00. The van der Waals surface area contributed by atoms with Gasteiger partial charge in [0, 0.05) is 36.8 Å². The average molecular weight is 293 g/mol. The number of nitrogens with zero attached hydrogens (tertiary/aromatic N) is 2. The fourth-order valence-corrected chi connectivity index (χ4v) is 3.71. The second-order valence-electron chi connectivity index (χ2n) is 5.88. The summed E-state index contributed by atoms with van der Waals surface area (Å²) in [5.41, 5.74) is 2.70. The van der Waals surface area contributed by atoms with Crippen LogP contribution in [0.5, 0.6) is 0 Å². The second kappa shape index (κ2) is 7.89. The number of pyridine rings is 1. The second-order valence-corrected chi connectivity index (χ2v) is 7.28. The molecule has 4 heteroatoms. The minimum atomic E-state index is 0.691. The van der Waals surface area contributed by atoms with Gasteiger partial charge in [0.1, 0.15) is 0 Å². The molecule has 112 valence electrons. The Kier molecular flexibility index (Phi) is 6.17. The van der Waals surface area contributed by atoms with Gasteiger partial charge in [0.2, 0.25) is 0 Å². The predicted octanol–water partition coefficient (Wildman–Crippen LogP) is 3.16. The number of anilines is 1. The molecule has 1 unspecified atom stereocenters. The van der Waals surface area contributed by atoms with Gasteiger partial charge < -0.3 is 10.2 Å². The minimum absolute atomic E-state index is 0.691. The summed E-state index contributed by atoms with van der Waals surface area (Å²) in [6, 6.07) is 2.16. The molecular formula is C16H27N3S. The smallest absolute Gasteiger partial charge is 0.0599 e. The molecule has 0 spiro atoms. The van der Waals surface area contributed by atoms with Crippen molar-refractivity contribution in [3.8, 4) is 0 Å². The van der Waals surface area contributed by atoms with Crippen LogP contribution >= 0.6 is 11.8 Å². The Hall–Kier alpha value is -0.740. The highest BCUT2D eigenvalue weighted by Gasteiger charge is 2.20. The van der Waals surface area contributed by atoms with E-state index < -0.39 is 0 Å². The van der Waals surface area contributed by atoms with Crippen LogP contribution in [0.25, 0.3) is 0 Å². The van der Waals surface area contributed by atoms with Crippen molar-refractivity contribution in [3.63, 3.8) is 0 Å². The lowest BCUT2D eigenvalue weighted by molar-refractivity contribution is 0.551. The summed E-state index contributed by atoms with van der Waals surface area (Å²) in [7, 11) is 0. The Morgan fingerprint density at radius 3 is 3.10 bits per heavy atom. The van der Waals surface area contributed by atoms with E-state index in [0.29, 0.717) is 5.92 Å². The Morgan fingerprint density at radius 2 is 2.35 bits per heavy atom. The van der Waals surface area contributed by atoms with E-state index in [4.69, 9.17) is 0 Å². The lowest BCUT2D eigenvalue weighted by atomic mass is 10.1. The molecule has 1 aliphatic rings. The molecule has 1 aromatic heterocycles. The molecule has 20 heavy (non-hydrogen) atoms. The molecule has 0 aromatic carbocycles. The highest BCUT2D eigenvalue weighted by Crippen LogP contribution is 2.27. The number of hydrogen-bond donors (Lipinski definition) is 1. The molecule has 0 bridgehead atoms. The molecule has 2 heterocycles. The molecule has 0 amide bonds. The quantitative estimate of drug-likeness (QED) is 0.872. The molecule has 0 saturated carbocycles. The fourth-order valence-electron chi connectivity index (χ4n) is 2.53. The third kappa shape index (κ3) is 4.38. The van der Waals surface area contributed by atoms with E-state index in [-0.39, 0.29) is 0 Å². The van der Waals surface area contributed by atoms with E-state index in [2.05, 4.69) is 53.8 Å². The number of aromatic nitrogens is 1. The topological polar surface area (TPSA) is 28.2 Å². The summed E-state index contributed by atoms with van der Waals surface area (Å²) in [6.45, 7) is 11.1. The van der Waals surface area contributed by atoms with Crippen LogP contribution in [0.1, 0.15) is 32.8 Å². The van der Waals surface area contributed by atoms with Gasteiger partial charge in [0.05, 0.1) is 11.9 Å². The predicted molar refractivity (Wildman–Crippen MR) is 89.5 cm³/mol. The minimum Gasteiger partial charge on any atom is -0.368 e. The lowest BCUT2D eigenvalue weighted by Gasteiger charge is -2.34. The molecular weight excluding hydrogens is 266 g/mol. The average Bonchev–Trinajstić information content (AvgIpc) is 2.47. The summed E-state index contributed by atoms with van der Waals surface area (Å²) in [6.07, 6.45) is 5.20. The van der Waals surface area contributed by atoms with Gasteiger partial charge in [0.25, 0.3) is 0 Å². The Balaban J connectivity index is 2.03. The third-order valence-electron chi connectivity index (χ3n) is 3.69. The number of nitrogens with one attached hydrogen (secondary N) is 1. The van der Waals surface area contributed by atoms with Crippen molar-refractivity contribution >= 4 is 17.4 Å². The SMILES string of the molecule is CCC1CN(c2cnccc2CNCC(C)C)CCS1. The van der Waals surface area contributed by atoms with Gasteiger partial charge in [-0.15, -0.1) is 0 Å². The summed E-state index contributed by atoms with van der Waals surface area (Å²) in [5.74, 6) is 1.92. The molecule has 1 aliphatic heterocycles. The molecule has 1 aromatic rings. The van der Waals surface area contributed by atoms with Crippen molar-refractivity contribution in [2.75, 3.05) is 30.3 Å². The Morgan fingerprint density at radius 1 is 1.50 bits per heavy atom. The molecule has 0 radical (unpaired) electrons. The van der Waals surface area contributed by atoms with Crippen LogP contribution in [-0.4, -0.2) is 35.6 Å². The summed E-state index contributed by atoms with van der Waals surface area (Å²) >= 11 is 2.11. The van der Waals surface area contributed by atoms with E-state index in [1.165, 1.54) is 23.4 Å². The maximum absolute atomic E-state index is 4.34. The van der Waals surface area contributed by atoms with Crippen LogP contribution in [0.15, 0.2) is 18.5 Å². The molecule has 0 aliphatic carbocycles. The first-order valence-corrected chi connectivity index (χ1v) is 8.75. The zero-order chi connectivity index (χ0) is 14.4. The van der Waals surface area contributed by atoms with Crippen LogP contribution in [-0.2, 0) is 6.54 Å². The third-order valence-corrected chi connectivity index (χ3v) is 5.06. The fraction of sp³-hybridized carbons (Fsp3) is 0.688. The Bertz CT molecular complexity index is 408. The first-order valence-electron chi connectivity index (χ1n) is 7.70. The normalized spacial score (nSPS) is 19.6. The Labute approximate surface area is 127 Å². The van der Waals surface area contributed by atoms with Crippen molar-refractivity contribution in [2.45, 2.75) is 39.0 Å². The number of hydrogen-bond acceptors (Lipinski definition) is 4. The van der Waals surface area contributed by atoms with E-state index in [0.717, 1.165) is 31.4 Å². The van der Waals surface area contributed by atoms with E-state index >= 15 is 0 Å². The van der Waals surface area contributed by atoms with Crippen molar-refractivity contribution in [1.82, 2.24) is 10.3 Å². The molecule has 2 rings (SSSR count). The lowest BCUT2D eigenvalue weighted by Crippen LogP contribution is -2.38. The first-order chi connectivity index (χ1) is 9.70. The summed E-state index contributed by atoms with van der Waals surface area (Å²) in [4.78, 5) is 6.86. The van der Waals surface area contributed by atoms with Crippen LogP contribution < -0.4 is 10.2 Å². The number of thioether (sulfide) groups is 1. The van der Waals surface area contributed by atoms with E-state index in [9.17, 15) is 0 Å². The molecule has 1 fully saturated rings. The maximum atomic E-state index is 4.34. The van der Waals surface area contributed by atoms with E-state index in [1.54, 1.807) is 0 Å². The van der Waals surface area contributed by atoms with E-state index in [1.807, 2.05) is 12.4 Å². The molecule has 1 N–H and O–H groups in total. The van der Waals surface area contributed by atoms with Crippen molar-refractivity contribution in [1.29, 1.82) is 0 Å². The van der Waals surface area contributed by atoms with Gasteiger partial charge >= 0.3 is 0 Å². The van der Waals surface area contributed by atoms with Gasteiger partial charge in [0.15, 0.2) is 0 Å². The summed E-state index contributed by atoms with van der Waals surface area (Å²) < 4.78 is 0. The van der Waals surface area contributed by atoms with Crippen molar-refractivity contribution < 1.29 is 0 Å². The van der Waals surface area contributed by atoms with Crippen LogP contribution in [0, 0.1) is 5.92 Å². The van der Waals surface area contributed by atoms with Crippen molar-refractivity contribution in [2.24, 2.45) is 5.92 Å². The summed E-state index contributed by atoms with van der Waals surface area (Å²) in [5, 5.41) is 4.31. The zero-order valence-corrected chi connectivity index (χ0v) is 13.7. The standard InChI is InChI=1S/C16H27N3S/c1-4-15-12-19(7-8-20-15)16-11-17-6-5-14(16)10-18-9-13(2)3/h5-6,11,13,15,18H,4,7-10,12H2,1-3H3. The molecule has 1 atom stereocenters. The van der Waals surface area contributed by atoms with Gasteiger partial charge in [-0.25, -0.2) is 0 Å². The highest BCUT2D eigenvalue weighted by atomic mass is 32.2. The van der Waals surface area contributed by atoms with Gasteiger partial charge in [-0.1, -0.05) is 20.8 Å². The van der Waals surface area contributed by atoms with Crippen LogP contribution in [0.3, 0.4) is 0 Å². The zero-order valence-electron chi connectivity index (χ0n) is 12.9. The van der Waals surface area contributed by atoms with Gasteiger partial charge in [-0.05, 0) is 30.5 Å². The van der Waals surface area contributed by atoms with Gasteiger partial charge in [-0.2, -0.15) is 11.8 Å². The number of rotatable bonds is 6. The monoisotopic (exact) mass is 293 g/mol. The first kappa shape index (κ1) is 15.6. The van der Waals surface area contributed by atoms with Crippen LogP contribution in [0.2, 0.25) is 0 Å². The molecule has 1 saturated heterocycles. The maximum Gasteiger partial charge on any atom is 0.0599 e. The molecule has 3 nitrogen and oxygen atoms in total. The van der Waals surface area contributed by atoms with Crippen LogP contribution in [0.4, 0.5) is 5.69 Å². The van der Waals surface area contributed by atoms with Gasteiger partial charge in [-0.3, -0.25) is 4.98 Å². The van der Waals surface area contributed by atoms with Crippen molar-refractivity contribution in [3.05, 3.63) is 24.0 Å².